The van der Waals surface area contributed by atoms with Crippen molar-refractivity contribution in [3.05, 3.63) is 107 Å². The van der Waals surface area contributed by atoms with Gasteiger partial charge in [0.1, 0.15) is 17.1 Å². The number of aryl methyl sites for hydroxylation is 2. The molecule has 2 aromatic heterocycles. The van der Waals surface area contributed by atoms with E-state index >= 15 is 0 Å². The molecule has 7 heteroatoms. The fourth-order valence-corrected chi connectivity index (χ4v) is 4.84. The van der Waals surface area contributed by atoms with Gasteiger partial charge in [-0.15, -0.1) is 0 Å². The molecule has 5 rings (SSSR count). The molecule has 1 N–H and O–H groups in total. The molecule has 1 saturated heterocycles. The van der Waals surface area contributed by atoms with Gasteiger partial charge in [0.25, 0.3) is 11.7 Å². The number of rotatable bonds is 6. The number of aromatic nitrogens is 2. The Bertz CT molecular complexity index is 1500. The summed E-state index contributed by atoms with van der Waals surface area (Å²) in [6.45, 7) is 4.08. The fraction of sp³-hybridized carbons (Fsp3) is 0.207. The van der Waals surface area contributed by atoms with Gasteiger partial charge < -0.3 is 19.1 Å². The van der Waals surface area contributed by atoms with Gasteiger partial charge in [-0.05, 0) is 55.2 Å². The Morgan fingerprint density at radius 1 is 1.03 bits per heavy atom. The molecule has 1 aliphatic rings. The smallest absolute Gasteiger partial charge is 0.295 e. The normalized spacial score (nSPS) is 17.2. The van der Waals surface area contributed by atoms with Crippen LogP contribution in [0.25, 0.3) is 11.4 Å². The Hall–Kier alpha value is -4.39. The molecule has 0 aliphatic carbocycles. The second-order valence-corrected chi connectivity index (χ2v) is 8.94. The lowest BCUT2D eigenvalue weighted by molar-refractivity contribution is -0.139. The van der Waals surface area contributed by atoms with E-state index in [9.17, 15) is 14.7 Å². The molecule has 1 aliphatic heterocycles. The number of hydrogen-bond donors (Lipinski definition) is 1. The highest BCUT2D eigenvalue weighted by Gasteiger charge is 2.46. The first kappa shape index (κ1) is 23.4. The molecule has 1 unspecified atom stereocenters. The molecular weight excluding hydrogens is 454 g/mol. The number of benzene rings is 2. The number of carbonyl (C=O) groups excluding carboxylic acids is 2. The van der Waals surface area contributed by atoms with E-state index in [1.54, 1.807) is 19.2 Å². The largest absolute Gasteiger partial charge is 0.505 e. The van der Waals surface area contributed by atoms with Gasteiger partial charge in [-0.3, -0.25) is 9.59 Å². The molecule has 182 valence electrons. The summed E-state index contributed by atoms with van der Waals surface area (Å²) in [7, 11) is 1.56. The summed E-state index contributed by atoms with van der Waals surface area (Å²) in [5.74, 6) is -1.04. The highest BCUT2D eigenvalue weighted by Crippen LogP contribution is 2.40. The van der Waals surface area contributed by atoms with Crippen LogP contribution in [0.4, 0.5) is 0 Å². The van der Waals surface area contributed by atoms with Crippen molar-refractivity contribution in [3.63, 3.8) is 0 Å². The second-order valence-electron chi connectivity index (χ2n) is 8.94. The monoisotopic (exact) mass is 481 g/mol. The number of methoxy groups -OCH3 is 1. The van der Waals surface area contributed by atoms with Crippen LogP contribution in [0, 0.1) is 13.8 Å². The number of amides is 1. The van der Waals surface area contributed by atoms with Crippen molar-refractivity contribution in [1.29, 1.82) is 0 Å². The number of Topliss-reactive ketones (excluding diaryl/α,β-unsaturated/α-hetero) is 1. The van der Waals surface area contributed by atoms with E-state index in [1.807, 2.05) is 79.0 Å². The van der Waals surface area contributed by atoms with Crippen LogP contribution in [0.3, 0.4) is 0 Å². The molecule has 0 spiro atoms. The Balaban J connectivity index is 1.66. The molecule has 1 amide bonds. The van der Waals surface area contributed by atoms with Gasteiger partial charge in [0.15, 0.2) is 5.76 Å². The first-order valence-corrected chi connectivity index (χ1v) is 11.8. The van der Waals surface area contributed by atoms with Gasteiger partial charge in [-0.2, -0.15) is 0 Å². The van der Waals surface area contributed by atoms with E-state index in [4.69, 9.17) is 4.74 Å². The lowest BCUT2D eigenvalue weighted by Crippen LogP contribution is -2.31. The highest BCUT2D eigenvalue weighted by atomic mass is 16.5. The Kier molecular flexibility index (Phi) is 6.06. The predicted molar refractivity (Wildman–Crippen MR) is 137 cm³/mol. The zero-order chi connectivity index (χ0) is 25.4. The zero-order valence-corrected chi connectivity index (χ0v) is 20.4. The lowest BCUT2D eigenvalue weighted by atomic mass is 9.96. The van der Waals surface area contributed by atoms with Gasteiger partial charge in [0.05, 0.1) is 24.4 Å². The molecule has 0 saturated carbocycles. The van der Waals surface area contributed by atoms with Crippen LogP contribution in [0.1, 0.15) is 34.1 Å². The van der Waals surface area contributed by atoms with Gasteiger partial charge in [-0.25, -0.2) is 4.98 Å². The van der Waals surface area contributed by atoms with E-state index in [1.165, 1.54) is 4.90 Å². The number of nitrogens with zero attached hydrogens (tertiary/aromatic N) is 3. The number of pyridine rings is 1. The van der Waals surface area contributed by atoms with Crippen LogP contribution in [-0.2, 0) is 16.0 Å². The second kappa shape index (κ2) is 9.34. The third-order valence-corrected chi connectivity index (χ3v) is 6.74. The first-order chi connectivity index (χ1) is 17.4. The number of aliphatic hydroxyl groups is 1. The average Bonchev–Trinajstić information content (AvgIpc) is 3.37. The molecule has 4 aromatic rings. The van der Waals surface area contributed by atoms with Crippen molar-refractivity contribution in [1.82, 2.24) is 14.3 Å². The summed E-state index contributed by atoms with van der Waals surface area (Å²) in [6.07, 6.45) is 2.43. The van der Waals surface area contributed by atoms with Crippen molar-refractivity contribution in [2.24, 2.45) is 0 Å². The fourth-order valence-electron chi connectivity index (χ4n) is 4.84. The van der Waals surface area contributed by atoms with E-state index in [-0.39, 0.29) is 11.3 Å². The van der Waals surface area contributed by atoms with Crippen LogP contribution in [0.2, 0.25) is 0 Å². The standard InChI is InChI=1S/C29H27N3O4/c1-18-9-8-15-31-19(2)24(30-28(18)31)26(33)23-25(21-12-7-13-22(17-21)36-3)32(29(35)27(23)34)16-14-20-10-5-4-6-11-20/h4-13,15,17,25,33H,14,16H2,1-3H3. The van der Waals surface area contributed by atoms with Crippen LogP contribution in [0.15, 0.2) is 78.5 Å². The summed E-state index contributed by atoms with van der Waals surface area (Å²) in [5, 5.41) is 11.5. The quantitative estimate of drug-likeness (QED) is 0.247. The van der Waals surface area contributed by atoms with Crippen molar-refractivity contribution in [3.8, 4) is 5.75 Å². The number of ketones is 1. The molecule has 1 fully saturated rings. The summed E-state index contributed by atoms with van der Waals surface area (Å²) >= 11 is 0. The van der Waals surface area contributed by atoms with Gasteiger partial charge in [-0.1, -0.05) is 48.5 Å². The minimum atomic E-state index is -0.769. The maximum atomic E-state index is 13.4. The number of carbonyl (C=O) groups is 2. The maximum absolute atomic E-state index is 13.4. The van der Waals surface area contributed by atoms with Gasteiger partial charge >= 0.3 is 0 Å². The molecule has 0 bridgehead atoms. The number of hydrogen-bond acceptors (Lipinski definition) is 5. The molecule has 7 nitrogen and oxygen atoms in total. The molecule has 2 aromatic carbocycles. The number of fused-ring (bicyclic) bond motifs is 1. The molecule has 36 heavy (non-hydrogen) atoms. The Morgan fingerprint density at radius 3 is 2.53 bits per heavy atom. The number of likely N-dealkylation sites (tertiary alicyclic amines) is 1. The summed E-state index contributed by atoms with van der Waals surface area (Å²) < 4.78 is 7.27. The molecule has 1 atom stereocenters. The van der Waals surface area contributed by atoms with Crippen molar-refractivity contribution in [2.45, 2.75) is 26.3 Å². The summed E-state index contributed by atoms with van der Waals surface area (Å²) in [4.78, 5) is 32.9. The summed E-state index contributed by atoms with van der Waals surface area (Å²) in [5.41, 5.74) is 4.37. The first-order valence-electron chi connectivity index (χ1n) is 11.8. The van der Waals surface area contributed by atoms with E-state index < -0.39 is 17.7 Å². The van der Waals surface area contributed by atoms with E-state index in [2.05, 4.69) is 4.98 Å². The third-order valence-electron chi connectivity index (χ3n) is 6.74. The van der Waals surface area contributed by atoms with Crippen LogP contribution in [-0.4, -0.2) is 44.7 Å². The van der Waals surface area contributed by atoms with E-state index in [0.717, 1.165) is 11.1 Å². The van der Waals surface area contributed by atoms with Crippen LogP contribution >= 0.6 is 0 Å². The summed E-state index contributed by atoms with van der Waals surface area (Å²) in [6, 6.07) is 20.1. The number of aliphatic hydroxyl groups excluding tert-OH is 1. The Morgan fingerprint density at radius 2 is 1.81 bits per heavy atom. The third kappa shape index (κ3) is 3.92. The maximum Gasteiger partial charge on any atom is 0.295 e. The zero-order valence-electron chi connectivity index (χ0n) is 20.4. The molecule has 0 radical (unpaired) electrons. The number of imidazole rings is 1. The van der Waals surface area contributed by atoms with Gasteiger partial charge in [0.2, 0.25) is 0 Å². The van der Waals surface area contributed by atoms with Gasteiger partial charge in [0, 0.05) is 12.7 Å². The molecule has 3 heterocycles. The van der Waals surface area contributed by atoms with Crippen LogP contribution in [0.5, 0.6) is 5.75 Å². The average molecular weight is 482 g/mol. The van der Waals surface area contributed by atoms with Crippen molar-refractivity contribution < 1.29 is 19.4 Å². The minimum absolute atomic E-state index is 0.0328. The highest BCUT2D eigenvalue weighted by molar-refractivity contribution is 6.46. The SMILES string of the molecule is COc1cccc(C2C(=C(O)c3nc4c(C)cccn4c3C)C(=O)C(=O)N2CCc2ccccc2)c1. The topological polar surface area (TPSA) is 84.1 Å². The predicted octanol–water partition coefficient (Wildman–Crippen LogP) is 4.62. The number of ether oxygens (including phenoxy) is 1. The van der Waals surface area contributed by atoms with Crippen LogP contribution < -0.4 is 4.74 Å². The van der Waals surface area contributed by atoms with Crippen molar-refractivity contribution >= 4 is 23.1 Å². The minimum Gasteiger partial charge on any atom is -0.505 e. The Labute approximate surface area is 209 Å². The lowest BCUT2D eigenvalue weighted by Gasteiger charge is -2.25. The van der Waals surface area contributed by atoms with E-state index in [0.29, 0.717) is 41.3 Å². The molecular formula is C29H27N3O4. The van der Waals surface area contributed by atoms with Crippen molar-refractivity contribution in [2.75, 3.05) is 13.7 Å².